The fourth-order valence-electron chi connectivity index (χ4n) is 2.86. The van der Waals surface area contributed by atoms with Crippen LogP contribution in [0.4, 0.5) is 0 Å². The average Bonchev–Trinajstić information content (AvgIpc) is 2.74. The van der Waals surface area contributed by atoms with Gasteiger partial charge >= 0.3 is 0 Å². The van der Waals surface area contributed by atoms with Crippen molar-refractivity contribution >= 4 is 5.84 Å². The summed E-state index contributed by atoms with van der Waals surface area (Å²) in [7, 11) is 0. The average molecular weight is 267 g/mol. The highest BCUT2D eigenvalue weighted by Gasteiger charge is 2.16. The molecule has 0 aromatic carbocycles. The third-order valence-corrected chi connectivity index (χ3v) is 4.12. The highest BCUT2D eigenvalue weighted by atomic mass is 16.5. The van der Waals surface area contributed by atoms with Crippen LogP contribution in [0.2, 0.25) is 0 Å². The van der Waals surface area contributed by atoms with Crippen molar-refractivity contribution in [1.82, 2.24) is 9.80 Å². The second-order valence-electron chi connectivity index (χ2n) is 5.50. The lowest BCUT2D eigenvalue weighted by Crippen LogP contribution is -2.35. The van der Waals surface area contributed by atoms with Crippen molar-refractivity contribution in [3.63, 3.8) is 0 Å². The van der Waals surface area contributed by atoms with E-state index in [9.17, 15) is 0 Å². The summed E-state index contributed by atoms with van der Waals surface area (Å²) in [6.07, 6.45) is 6.63. The molecule has 0 aromatic heterocycles. The zero-order valence-electron chi connectivity index (χ0n) is 12.4. The Morgan fingerprint density at radius 1 is 1.00 bits per heavy atom. The molecule has 2 fully saturated rings. The maximum Gasteiger partial charge on any atom is 0.0988 e. The minimum absolute atomic E-state index is 0.924. The molecule has 0 unspecified atom stereocenters. The van der Waals surface area contributed by atoms with Gasteiger partial charge in [0.2, 0.25) is 0 Å². The van der Waals surface area contributed by atoms with Crippen LogP contribution in [-0.4, -0.2) is 68.1 Å². The van der Waals surface area contributed by atoms with E-state index in [0.29, 0.717) is 0 Å². The normalized spacial score (nSPS) is 24.7. The van der Waals surface area contributed by atoms with Gasteiger partial charge in [-0.2, -0.15) is 0 Å². The number of morpholine rings is 1. The molecule has 3 aliphatic heterocycles. The van der Waals surface area contributed by atoms with E-state index < -0.39 is 0 Å². The molecule has 0 aromatic rings. The van der Waals surface area contributed by atoms with Gasteiger partial charge in [-0.25, -0.2) is 0 Å². The zero-order valence-corrected chi connectivity index (χ0v) is 12.4. The van der Waals surface area contributed by atoms with E-state index in [4.69, 9.17) is 4.74 Å². The molecule has 0 radical (unpaired) electrons. The van der Waals surface area contributed by atoms with Gasteiger partial charge in [0, 0.05) is 39.1 Å². The summed E-state index contributed by atoms with van der Waals surface area (Å²) in [4.78, 5) is 9.43. The monoisotopic (exact) mass is 267 g/mol. The molecular formula is C15H29N3O. The standard InChI is InChI=1S/C9H16N2.C6H13NO/c1-2-5-9-10-6-4-8-11(9)7-3-1;1-2-7-3-5-8-6-4-7/h1-8H2;2-6H2,1H3. The van der Waals surface area contributed by atoms with Gasteiger partial charge in [-0.15, -0.1) is 0 Å². The first-order chi connectivity index (χ1) is 9.40. The molecule has 110 valence electrons. The Morgan fingerprint density at radius 2 is 1.79 bits per heavy atom. The molecule has 3 rings (SSSR count). The molecule has 0 N–H and O–H groups in total. The van der Waals surface area contributed by atoms with Crippen LogP contribution in [0.25, 0.3) is 0 Å². The largest absolute Gasteiger partial charge is 0.379 e. The molecule has 0 saturated carbocycles. The molecule has 19 heavy (non-hydrogen) atoms. The van der Waals surface area contributed by atoms with Gasteiger partial charge in [0.05, 0.1) is 19.0 Å². The van der Waals surface area contributed by atoms with Crippen molar-refractivity contribution in [3.8, 4) is 0 Å². The van der Waals surface area contributed by atoms with E-state index in [1.165, 1.54) is 57.6 Å². The fraction of sp³-hybridized carbons (Fsp3) is 0.933. The zero-order chi connectivity index (χ0) is 13.3. The summed E-state index contributed by atoms with van der Waals surface area (Å²) < 4.78 is 5.16. The quantitative estimate of drug-likeness (QED) is 0.727. The number of hydrogen-bond donors (Lipinski definition) is 0. The molecule has 0 amide bonds. The predicted octanol–water partition coefficient (Wildman–Crippen LogP) is 2.00. The predicted molar refractivity (Wildman–Crippen MR) is 79.9 cm³/mol. The topological polar surface area (TPSA) is 28.1 Å². The fourth-order valence-corrected chi connectivity index (χ4v) is 2.86. The lowest BCUT2D eigenvalue weighted by molar-refractivity contribution is 0.0405. The third-order valence-electron chi connectivity index (χ3n) is 4.12. The van der Waals surface area contributed by atoms with Crippen LogP contribution in [-0.2, 0) is 4.74 Å². The highest BCUT2D eigenvalue weighted by molar-refractivity contribution is 5.83. The maximum atomic E-state index is 5.16. The Morgan fingerprint density at radius 3 is 2.53 bits per heavy atom. The van der Waals surface area contributed by atoms with Gasteiger partial charge in [0.1, 0.15) is 0 Å². The van der Waals surface area contributed by atoms with Crippen LogP contribution in [0.3, 0.4) is 0 Å². The van der Waals surface area contributed by atoms with E-state index >= 15 is 0 Å². The first-order valence-corrected chi connectivity index (χ1v) is 7.98. The minimum Gasteiger partial charge on any atom is -0.379 e. The molecule has 0 aliphatic carbocycles. The molecule has 4 heteroatoms. The molecule has 2 saturated heterocycles. The van der Waals surface area contributed by atoms with Crippen LogP contribution in [0, 0.1) is 0 Å². The third kappa shape index (κ3) is 5.11. The molecule has 3 heterocycles. The van der Waals surface area contributed by atoms with Crippen LogP contribution in [0.1, 0.15) is 39.0 Å². The molecule has 0 bridgehead atoms. The second-order valence-corrected chi connectivity index (χ2v) is 5.50. The second kappa shape index (κ2) is 8.54. The summed E-state index contributed by atoms with van der Waals surface area (Å²) in [5.41, 5.74) is 0. The molecule has 0 spiro atoms. The number of aliphatic imine (C=N–C) groups is 1. The van der Waals surface area contributed by atoms with Gasteiger partial charge in [0.25, 0.3) is 0 Å². The SMILES string of the molecule is C1CCC2=NCCCN2CC1.CCN1CCOCC1. The molecule has 0 atom stereocenters. The van der Waals surface area contributed by atoms with E-state index in [-0.39, 0.29) is 0 Å². The summed E-state index contributed by atoms with van der Waals surface area (Å²) >= 11 is 0. The van der Waals surface area contributed by atoms with Gasteiger partial charge in [-0.3, -0.25) is 9.89 Å². The number of nitrogens with zero attached hydrogens (tertiary/aromatic N) is 3. The van der Waals surface area contributed by atoms with Gasteiger partial charge in [0.15, 0.2) is 0 Å². The maximum absolute atomic E-state index is 5.16. The van der Waals surface area contributed by atoms with Crippen molar-refractivity contribution < 1.29 is 4.74 Å². The van der Waals surface area contributed by atoms with Crippen molar-refractivity contribution in [2.75, 3.05) is 52.5 Å². The number of fused-ring (bicyclic) bond motifs is 1. The van der Waals surface area contributed by atoms with Gasteiger partial charge in [-0.1, -0.05) is 13.3 Å². The van der Waals surface area contributed by atoms with E-state index in [2.05, 4.69) is 21.7 Å². The summed E-state index contributed by atoms with van der Waals surface area (Å²) in [6, 6.07) is 0. The number of amidine groups is 1. The number of ether oxygens (including phenoxy) is 1. The van der Waals surface area contributed by atoms with E-state index in [1.807, 2.05) is 0 Å². The van der Waals surface area contributed by atoms with Crippen molar-refractivity contribution in [1.29, 1.82) is 0 Å². The van der Waals surface area contributed by atoms with Crippen LogP contribution >= 0.6 is 0 Å². The summed E-state index contributed by atoms with van der Waals surface area (Å²) in [6.45, 7) is 11.0. The Hall–Kier alpha value is -0.610. The Balaban J connectivity index is 0.000000148. The first kappa shape index (κ1) is 14.8. The minimum atomic E-state index is 0.924. The van der Waals surface area contributed by atoms with E-state index in [0.717, 1.165) is 32.8 Å². The van der Waals surface area contributed by atoms with Crippen molar-refractivity contribution in [2.45, 2.75) is 39.0 Å². The summed E-state index contributed by atoms with van der Waals surface area (Å²) in [5, 5.41) is 0. The molecular weight excluding hydrogens is 238 g/mol. The Kier molecular flexibility index (Phi) is 6.65. The first-order valence-electron chi connectivity index (χ1n) is 7.98. The molecule has 4 nitrogen and oxygen atoms in total. The summed E-state index contributed by atoms with van der Waals surface area (Å²) in [5.74, 6) is 1.40. The number of rotatable bonds is 1. The lowest BCUT2D eigenvalue weighted by atomic mass is 10.2. The number of hydrogen-bond acceptors (Lipinski definition) is 4. The smallest absolute Gasteiger partial charge is 0.0988 e. The van der Waals surface area contributed by atoms with Gasteiger partial charge < -0.3 is 9.64 Å². The van der Waals surface area contributed by atoms with E-state index in [1.54, 1.807) is 0 Å². The highest BCUT2D eigenvalue weighted by Crippen LogP contribution is 2.15. The van der Waals surface area contributed by atoms with Crippen molar-refractivity contribution in [3.05, 3.63) is 0 Å². The van der Waals surface area contributed by atoms with Crippen LogP contribution < -0.4 is 0 Å². The Bertz CT molecular complexity index is 275. The number of likely N-dealkylation sites (N-methyl/N-ethyl adjacent to an activating group) is 1. The van der Waals surface area contributed by atoms with Crippen molar-refractivity contribution in [2.24, 2.45) is 4.99 Å². The van der Waals surface area contributed by atoms with Gasteiger partial charge in [-0.05, 0) is 25.8 Å². The lowest BCUT2D eigenvalue weighted by Gasteiger charge is -2.27. The Labute approximate surface area is 117 Å². The van der Waals surface area contributed by atoms with Crippen LogP contribution in [0.15, 0.2) is 4.99 Å². The van der Waals surface area contributed by atoms with Crippen LogP contribution in [0.5, 0.6) is 0 Å². The molecule has 3 aliphatic rings.